The number of amides is 3. The zero-order valence-electron chi connectivity index (χ0n) is 14.8. The van der Waals surface area contributed by atoms with Crippen LogP contribution < -0.4 is 10.6 Å². The van der Waals surface area contributed by atoms with Crippen molar-refractivity contribution in [1.29, 1.82) is 0 Å². The molecule has 3 rings (SSSR count). The van der Waals surface area contributed by atoms with Gasteiger partial charge < -0.3 is 9.88 Å². The van der Waals surface area contributed by atoms with Gasteiger partial charge in [0.2, 0.25) is 11.7 Å². The molecule has 0 radical (unpaired) electrons. The molecule has 1 aliphatic carbocycles. The molecule has 1 aliphatic rings. The van der Waals surface area contributed by atoms with Crippen molar-refractivity contribution in [2.45, 2.75) is 51.4 Å². The molecule has 1 aromatic heterocycles. The lowest BCUT2D eigenvalue weighted by molar-refractivity contribution is -0.147. The van der Waals surface area contributed by atoms with Crippen molar-refractivity contribution in [1.82, 2.24) is 20.2 Å². The van der Waals surface area contributed by atoms with Gasteiger partial charge in [-0.3, -0.25) is 10.1 Å². The topological polar surface area (TPSA) is 76.0 Å². The van der Waals surface area contributed by atoms with E-state index in [1.54, 1.807) is 12.1 Å². The van der Waals surface area contributed by atoms with E-state index >= 15 is 0 Å². The molecule has 1 fully saturated rings. The van der Waals surface area contributed by atoms with Gasteiger partial charge in [-0.1, -0.05) is 31.9 Å². The summed E-state index contributed by atoms with van der Waals surface area (Å²) in [5, 5.41) is 4.87. The lowest BCUT2D eigenvalue weighted by Crippen LogP contribution is -2.48. The Balaban J connectivity index is 1.71. The van der Waals surface area contributed by atoms with Crippen LogP contribution in [0.4, 0.5) is 18.0 Å². The van der Waals surface area contributed by atoms with Crippen molar-refractivity contribution in [3.05, 3.63) is 30.1 Å². The molecule has 146 valence electrons. The van der Waals surface area contributed by atoms with Gasteiger partial charge in [0.25, 0.3) is 0 Å². The van der Waals surface area contributed by atoms with Crippen LogP contribution in [0.15, 0.2) is 24.3 Å². The predicted molar refractivity (Wildman–Crippen MR) is 92.8 cm³/mol. The molecule has 1 aromatic carbocycles. The Morgan fingerprint density at radius 1 is 1.22 bits per heavy atom. The molecule has 2 atom stereocenters. The Morgan fingerprint density at radius 3 is 2.63 bits per heavy atom. The summed E-state index contributed by atoms with van der Waals surface area (Å²) in [7, 11) is 0. The molecular weight excluding hydrogens is 361 g/mol. The summed E-state index contributed by atoms with van der Waals surface area (Å²) < 4.78 is 40.6. The monoisotopic (exact) mass is 382 g/mol. The van der Waals surface area contributed by atoms with E-state index in [-0.39, 0.29) is 17.1 Å². The summed E-state index contributed by atoms with van der Waals surface area (Å²) in [5.74, 6) is -1.70. The summed E-state index contributed by atoms with van der Waals surface area (Å²) in [6.45, 7) is 1.38. The van der Waals surface area contributed by atoms with Crippen molar-refractivity contribution in [3.8, 4) is 0 Å². The van der Waals surface area contributed by atoms with Crippen molar-refractivity contribution in [2.75, 3.05) is 0 Å². The molecule has 2 N–H and O–H groups in total. The quantitative estimate of drug-likeness (QED) is 0.854. The zero-order valence-corrected chi connectivity index (χ0v) is 14.8. The molecule has 0 bridgehead atoms. The second kappa shape index (κ2) is 7.58. The molecule has 0 unspecified atom stereocenters. The van der Waals surface area contributed by atoms with Gasteiger partial charge in [-0.15, -0.1) is 0 Å². The van der Waals surface area contributed by atoms with E-state index in [2.05, 4.69) is 15.6 Å². The molecule has 2 aromatic rings. The fourth-order valence-electron chi connectivity index (χ4n) is 3.50. The second-order valence-electron chi connectivity index (χ2n) is 6.90. The van der Waals surface area contributed by atoms with Gasteiger partial charge in [-0.25, -0.2) is 9.78 Å². The first-order valence-corrected chi connectivity index (χ1v) is 8.88. The third-order valence-corrected chi connectivity index (χ3v) is 4.89. The maximum Gasteiger partial charge on any atom is 0.449 e. The van der Waals surface area contributed by atoms with E-state index in [0.717, 1.165) is 30.3 Å². The highest BCUT2D eigenvalue weighted by Crippen LogP contribution is 2.31. The van der Waals surface area contributed by atoms with E-state index in [9.17, 15) is 22.8 Å². The average molecular weight is 382 g/mol. The van der Waals surface area contributed by atoms with Crippen LogP contribution in [-0.4, -0.2) is 27.5 Å². The Bertz CT molecular complexity index is 847. The van der Waals surface area contributed by atoms with E-state index in [1.807, 2.05) is 6.92 Å². The molecule has 9 heteroatoms. The number of para-hydroxylation sites is 2. The van der Waals surface area contributed by atoms with Crippen LogP contribution in [0, 0.1) is 5.92 Å². The van der Waals surface area contributed by atoms with Crippen LogP contribution in [0.5, 0.6) is 0 Å². The number of halogens is 3. The minimum atomic E-state index is -4.71. The molecule has 0 saturated heterocycles. The van der Waals surface area contributed by atoms with Gasteiger partial charge >= 0.3 is 12.2 Å². The maximum atomic E-state index is 13.3. The van der Waals surface area contributed by atoms with Crippen LogP contribution in [0.1, 0.15) is 38.4 Å². The number of carbonyl (C=O) groups excluding carboxylic acids is 2. The molecule has 1 saturated carbocycles. The fourth-order valence-corrected chi connectivity index (χ4v) is 3.50. The standard InChI is InChI=1S/C18H21F3N4O2/c1-11-6-2-3-7-12(11)23-17(27)24-15(26)10-25-14-9-5-4-8-13(14)22-16(25)18(19,20)21/h4-5,8-9,11-12H,2-3,6-7,10H2,1H3,(H2,23,24,26,27)/t11-,12-/m1/s1. The molecule has 1 heterocycles. The number of hydrogen-bond donors (Lipinski definition) is 2. The third-order valence-electron chi connectivity index (χ3n) is 4.89. The maximum absolute atomic E-state index is 13.3. The van der Waals surface area contributed by atoms with Gasteiger partial charge in [0.1, 0.15) is 6.54 Å². The summed E-state index contributed by atoms with van der Waals surface area (Å²) >= 11 is 0. The number of imide groups is 1. The minimum absolute atomic E-state index is 0.0358. The lowest BCUT2D eigenvalue weighted by atomic mass is 9.86. The van der Waals surface area contributed by atoms with Gasteiger partial charge in [0.15, 0.2) is 0 Å². The minimum Gasteiger partial charge on any atom is -0.335 e. The number of carbonyl (C=O) groups is 2. The first-order chi connectivity index (χ1) is 12.8. The number of urea groups is 1. The first kappa shape index (κ1) is 19.2. The van der Waals surface area contributed by atoms with Crippen LogP contribution in [-0.2, 0) is 17.5 Å². The molecule has 3 amide bonds. The first-order valence-electron chi connectivity index (χ1n) is 8.88. The zero-order chi connectivity index (χ0) is 19.6. The number of benzene rings is 1. The van der Waals surface area contributed by atoms with Crippen LogP contribution in [0.25, 0.3) is 11.0 Å². The molecule has 27 heavy (non-hydrogen) atoms. The molecule has 0 spiro atoms. The molecular formula is C18H21F3N4O2. The van der Waals surface area contributed by atoms with E-state index < -0.39 is 30.5 Å². The number of imidazole rings is 1. The van der Waals surface area contributed by atoms with Gasteiger partial charge in [-0.05, 0) is 30.9 Å². The Labute approximate surface area is 154 Å². The highest BCUT2D eigenvalue weighted by molar-refractivity contribution is 5.95. The number of rotatable bonds is 3. The van der Waals surface area contributed by atoms with Crippen LogP contribution in [0.2, 0.25) is 0 Å². The van der Waals surface area contributed by atoms with E-state index in [0.29, 0.717) is 5.92 Å². The second-order valence-corrected chi connectivity index (χ2v) is 6.90. The molecule has 0 aliphatic heterocycles. The molecule has 6 nitrogen and oxygen atoms in total. The summed E-state index contributed by atoms with van der Waals surface area (Å²) in [5.41, 5.74) is 0.319. The van der Waals surface area contributed by atoms with Crippen molar-refractivity contribution >= 4 is 23.0 Å². The Kier molecular flexibility index (Phi) is 5.38. The van der Waals surface area contributed by atoms with Crippen molar-refractivity contribution in [2.24, 2.45) is 5.92 Å². The number of aromatic nitrogens is 2. The third kappa shape index (κ3) is 4.40. The SMILES string of the molecule is C[C@@H]1CCCC[C@H]1NC(=O)NC(=O)Cn1c(C(F)(F)F)nc2ccccc21. The van der Waals surface area contributed by atoms with Gasteiger partial charge in [-0.2, -0.15) is 13.2 Å². The van der Waals surface area contributed by atoms with E-state index in [1.165, 1.54) is 12.1 Å². The van der Waals surface area contributed by atoms with Crippen molar-refractivity contribution < 1.29 is 22.8 Å². The number of fused-ring (bicyclic) bond motifs is 1. The Hall–Kier alpha value is -2.58. The largest absolute Gasteiger partial charge is 0.449 e. The smallest absolute Gasteiger partial charge is 0.335 e. The highest BCUT2D eigenvalue weighted by atomic mass is 19.4. The van der Waals surface area contributed by atoms with Crippen LogP contribution in [0.3, 0.4) is 0 Å². The van der Waals surface area contributed by atoms with Crippen molar-refractivity contribution in [3.63, 3.8) is 0 Å². The lowest BCUT2D eigenvalue weighted by Gasteiger charge is -2.29. The normalized spacial score (nSPS) is 20.4. The summed E-state index contributed by atoms with van der Waals surface area (Å²) in [6.07, 6.45) is -0.784. The predicted octanol–water partition coefficient (Wildman–Crippen LogP) is 3.46. The summed E-state index contributed by atoms with van der Waals surface area (Å²) in [4.78, 5) is 27.8. The number of nitrogens with zero attached hydrogens (tertiary/aromatic N) is 2. The summed E-state index contributed by atoms with van der Waals surface area (Å²) in [6, 6.07) is 5.31. The number of alkyl halides is 3. The fraction of sp³-hybridized carbons (Fsp3) is 0.500. The van der Waals surface area contributed by atoms with Gasteiger partial charge in [0.05, 0.1) is 11.0 Å². The Morgan fingerprint density at radius 2 is 1.93 bits per heavy atom. The highest BCUT2D eigenvalue weighted by Gasteiger charge is 2.38. The van der Waals surface area contributed by atoms with E-state index in [4.69, 9.17) is 0 Å². The average Bonchev–Trinajstić information content (AvgIpc) is 2.96. The number of hydrogen-bond acceptors (Lipinski definition) is 3. The number of nitrogens with one attached hydrogen (secondary N) is 2. The van der Waals surface area contributed by atoms with Crippen LogP contribution >= 0.6 is 0 Å². The van der Waals surface area contributed by atoms with Gasteiger partial charge in [0, 0.05) is 6.04 Å².